The summed E-state index contributed by atoms with van der Waals surface area (Å²) in [7, 11) is 0. The first-order valence-corrected chi connectivity index (χ1v) is 6.00. The van der Waals surface area contributed by atoms with Crippen molar-refractivity contribution in [2.75, 3.05) is 5.73 Å². The summed E-state index contributed by atoms with van der Waals surface area (Å²) in [5, 5.41) is -0.216. The van der Waals surface area contributed by atoms with E-state index in [0.717, 1.165) is 6.07 Å². The Morgan fingerprint density at radius 1 is 1.00 bits per heavy atom. The fourth-order valence-corrected chi connectivity index (χ4v) is 2.09. The molecule has 2 rings (SSSR count). The number of nitrogen functional groups attached to an aromatic ring is 1. The first kappa shape index (κ1) is 14.7. The zero-order valence-corrected chi connectivity index (χ0v) is 11.2. The number of hydrogen-bond donors (Lipinski definition) is 1. The molecule has 0 saturated carbocycles. The Kier molecular flexibility index (Phi) is 3.92. The molecule has 20 heavy (non-hydrogen) atoms. The van der Waals surface area contributed by atoms with Crippen molar-refractivity contribution in [3.63, 3.8) is 0 Å². The van der Waals surface area contributed by atoms with Gasteiger partial charge in [0.2, 0.25) is 5.78 Å². The Labute approximate surface area is 121 Å². The van der Waals surface area contributed by atoms with E-state index < -0.39 is 28.8 Å². The zero-order valence-electron chi connectivity index (χ0n) is 9.68. The van der Waals surface area contributed by atoms with Crippen molar-refractivity contribution in [2.24, 2.45) is 0 Å². The molecule has 0 atom stereocenters. The standard InChI is InChI=1S/C13H6Cl2F3NO/c14-8-4-6(19)3-7(12(8)15)13(20)11-9(17)1-5(16)2-10(11)18/h1-4H,19H2. The van der Waals surface area contributed by atoms with Crippen LogP contribution >= 0.6 is 23.2 Å². The second kappa shape index (κ2) is 5.34. The van der Waals surface area contributed by atoms with Crippen molar-refractivity contribution < 1.29 is 18.0 Å². The normalized spacial score (nSPS) is 10.7. The summed E-state index contributed by atoms with van der Waals surface area (Å²) in [4.78, 5) is 12.1. The molecule has 0 unspecified atom stereocenters. The Balaban J connectivity index is 2.64. The molecule has 0 bridgehead atoms. The minimum absolute atomic E-state index is 0.0297. The molecule has 104 valence electrons. The molecule has 0 aromatic heterocycles. The first-order chi connectivity index (χ1) is 9.31. The molecule has 2 aromatic carbocycles. The van der Waals surface area contributed by atoms with Gasteiger partial charge in [0, 0.05) is 23.4 Å². The average Bonchev–Trinajstić information content (AvgIpc) is 2.32. The number of nitrogens with two attached hydrogens (primary N) is 1. The number of ketones is 1. The highest BCUT2D eigenvalue weighted by Crippen LogP contribution is 2.31. The van der Waals surface area contributed by atoms with Crippen molar-refractivity contribution in [3.8, 4) is 0 Å². The third-order valence-corrected chi connectivity index (χ3v) is 3.33. The summed E-state index contributed by atoms with van der Waals surface area (Å²) >= 11 is 11.6. The lowest BCUT2D eigenvalue weighted by molar-refractivity contribution is 0.103. The van der Waals surface area contributed by atoms with E-state index in [1.165, 1.54) is 6.07 Å². The van der Waals surface area contributed by atoms with Gasteiger partial charge in [-0.25, -0.2) is 13.2 Å². The smallest absolute Gasteiger partial charge is 0.200 e. The molecule has 2 N–H and O–H groups in total. The van der Waals surface area contributed by atoms with Crippen molar-refractivity contribution in [2.45, 2.75) is 0 Å². The quantitative estimate of drug-likeness (QED) is 0.665. The molecule has 0 heterocycles. The molecule has 0 aliphatic rings. The molecule has 2 nitrogen and oxygen atoms in total. The van der Waals surface area contributed by atoms with E-state index in [0.29, 0.717) is 12.1 Å². The predicted octanol–water partition coefficient (Wildman–Crippen LogP) is 4.22. The van der Waals surface area contributed by atoms with E-state index >= 15 is 0 Å². The van der Waals surface area contributed by atoms with E-state index in [1.54, 1.807) is 0 Å². The Hall–Kier alpha value is -1.72. The number of anilines is 1. The second-order valence-corrected chi connectivity index (χ2v) is 4.72. The van der Waals surface area contributed by atoms with Gasteiger partial charge in [0.1, 0.15) is 17.5 Å². The lowest BCUT2D eigenvalue weighted by Gasteiger charge is -2.08. The second-order valence-electron chi connectivity index (χ2n) is 3.94. The van der Waals surface area contributed by atoms with Gasteiger partial charge in [-0.3, -0.25) is 4.79 Å². The van der Waals surface area contributed by atoms with Crippen LogP contribution < -0.4 is 5.73 Å². The molecule has 7 heteroatoms. The van der Waals surface area contributed by atoms with Crippen molar-refractivity contribution >= 4 is 34.7 Å². The van der Waals surface area contributed by atoms with Crippen LogP contribution in [0.5, 0.6) is 0 Å². The lowest BCUT2D eigenvalue weighted by Crippen LogP contribution is -2.09. The van der Waals surface area contributed by atoms with E-state index in [2.05, 4.69) is 0 Å². The maximum Gasteiger partial charge on any atom is 0.200 e. The van der Waals surface area contributed by atoms with Gasteiger partial charge in [-0.05, 0) is 12.1 Å². The van der Waals surface area contributed by atoms with E-state index in [9.17, 15) is 18.0 Å². The van der Waals surface area contributed by atoms with Crippen molar-refractivity contribution in [1.82, 2.24) is 0 Å². The van der Waals surface area contributed by atoms with Crippen molar-refractivity contribution in [1.29, 1.82) is 0 Å². The van der Waals surface area contributed by atoms with Gasteiger partial charge in [0.05, 0.1) is 15.6 Å². The first-order valence-electron chi connectivity index (χ1n) is 5.25. The van der Waals surface area contributed by atoms with E-state index in [-0.39, 0.29) is 21.3 Å². The highest BCUT2D eigenvalue weighted by Gasteiger charge is 2.23. The Bertz CT molecular complexity index is 696. The van der Waals surface area contributed by atoms with Gasteiger partial charge in [-0.15, -0.1) is 0 Å². The Morgan fingerprint density at radius 2 is 1.55 bits per heavy atom. The highest BCUT2D eigenvalue weighted by atomic mass is 35.5. The number of benzene rings is 2. The summed E-state index contributed by atoms with van der Waals surface area (Å²) < 4.78 is 40.0. The third-order valence-electron chi connectivity index (χ3n) is 2.53. The summed E-state index contributed by atoms with van der Waals surface area (Å²) in [6.45, 7) is 0. The minimum Gasteiger partial charge on any atom is -0.399 e. The fraction of sp³-hybridized carbons (Fsp3) is 0. The van der Waals surface area contributed by atoms with Gasteiger partial charge in [0.25, 0.3) is 0 Å². The number of rotatable bonds is 2. The lowest BCUT2D eigenvalue weighted by atomic mass is 10.0. The maximum absolute atomic E-state index is 13.6. The van der Waals surface area contributed by atoms with Crippen LogP contribution in [0.4, 0.5) is 18.9 Å². The number of hydrogen-bond acceptors (Lipinski definition) is 2. The van der Waals surface area contributed by atoms with Crippen LogP contribution in [0.25, 0.3) is 0 Å². The fourth-order valence-electron chi connectivity index (χ4n) is 1.67. The van der Waals surface area contributed by atoms with E-state index in [1.807, 2.05) is 0 Å². The minimum atomic E-state index is -1.33. The van der Waals surface area contributed by atoms with Crippen LogP contribution in [0.3, 0.4) is 0 Å². The monoisotopic (exact) mass is 319 g/mol. The maximum atomic E-state index is 13.6. The molecule has 0 spiro atoms. The largest absolute Gasteiger partial charge is 0.399 e. The number of carbonyl (C=O) groups is 1. The van der Waals surface area contributed by atoms with Gasteiger partial charge >= 0.3 is 0 Å². The van der Waals surface area contributed by atoms with Crippen LogP contribution in [-0.4, -0.2) is 5.78 Å². The van der Waals surface area contributed by atoms with Crippen LogP contribution in [0.15, 0.2) is 24.3 Å². The van der Waals surface area contributed by atoms with E-state index in [4.69, 9.17) is 28.9 Å². The number of carbonyl (C=O) groups excluding carboxylic acids is 1. The molecule has 0 radical (unpaired) electrons. The topological polar surface area (TPSA) is 43.1 Å². The number of halogens is 5. The highest BCUT2D eigenvalue weighted by molar-refractivity contribution is 6.44. The van der Waals surface area contributed by atoms with Crippen LogP contribution in [0.1, 0.15) is 15.9 Å². The molecule has 0 aliphatic heterocycles. The summed E-state index contributed by atoms with van der Waals surface area (Å²) in [6, 6.07) is 3.23. The van der Waals surface area contributed by atoms with Crippen LogP contribution in [-0.2, 0) is 0 Å². The van der Waals surface area contributed by atoms with Crippen molar-refractivity contribution in [3.05, 3.63) is 62.9 Å². The molecular formula is C13H6Cl2F3NO. The molecule has 2 aromatic rings. The van der Waals surface area contributed by atoms with Crippen LogP contribution in [0, 0.1) is 17.5 Å². The SMILES string of the molecule is Nc1cc(Cl)c(Cl)c(C(=O)c2c(F)cc(F)cc2F)c1. The van der Waals surface area contributed by atoms with Gasteiger partial charge in [-0.1, -0.05) is 23.2 Å². The van der Waals surface area contributed by atoms with Gasteiger partial charge in [-0.2, -0.15) is 0 Å². The molecule has 0 amide bonds. The molecule has 0 fully saturated rings. The van der Waals surface area contributed by atoms with Crippen LogP contribution in [0.2, 0.25) is 10.0 Å². The third kappa shape index (κ3) is 2.59. The summed E-state index contributed by atoms with van der Waals surface area (Å²) in [6.07, 6.45) is 0. The molecule has 0 saturated heterocycles. The van der Waals surface area contributed by atoms with Gasteiger partial charge in [0.15, 0.2) is 0 Å². The molecular weight excluding hydrogens is 314 g/mol. The summed E-state index contributed by atoms with van der Waals surface area (Å²) in [5.41, 5.74) is 4.42. The summed E-state index contributed by atoms with van der Waals surface area (Å²) in [5.74, 6) is -4.86. The predicted molar refractivity (Wildman–Crippen MR) is 70.6 cm³/mol. The average molecular weight is 320 g/mol. The zero-order chi connectivity index (χ0) is 15.0. The molecule has 0 aliphatic carbocycles. The Morgan fingerprint density at radius 3 is 2.10 bits per heavy atom. The van der Waals surface area contributed by atoms with Gasteiger partial charge < -0.3 is 5.73 Å².